The van der Waals surface area contributed by atoms with Gasteiger partial charge in [0.15, 0.2) is 6.61 Å². The molecule has 0 saturated carbocycles. The Kier molecular flexibility index (Phi) is 5.20. The van der Waals surface area contributed by atoms with Crippen LogP contribution in [0.5, 0.6) is 5.75 Å². The Morgan fingerprint density at radius 2 is 1.82 bits per heavy atom. The highest BCUT2D eigenvalue weighted by Crippen LogP contribution is 2.11. The van der Waals surface area contributed by atoms with Gasteiger partial charge in [-0.15, -0.1) is 0 Å². The number of ether oxygens (including phenoxy) is 1. The molecular weight excluding hydrogens is 218 g/mol. The second kappa shape index (κ2) is 6.68. The number of hydrogen-bond acceptors (Lipinski definition) is 3. The number of aldehydes is 1. The molecule has 1 aromatic carbocycles. The van der Waals surface area contributed by atoms with Crippen molar-refractivity contribution in [3.8, 4) is 5.75 Å². The number of carbonyl (C=O) groups excluding carboxylic acids is 2. The quantitative estimate of drug-likeness (QED) is 0.706. The number of rotatable bonds is 6. The molecule has 0 fully saturated rings. The van der Waals surface area contributed by atoms with Crippen molar-refractivity contribution >= 4 is 12.2 Å². The van der Waals surface area contributed by atoms with Crippen LogP contribution in [0.4, 0.5) is 0 Å². The minimum atomic E-state index is -0.0329. The third-order valence-corrected chi connectivity index (χ3v) is 2.49. The van der Waals surface area contributed by atoms with Gasteiger partial charge in [0.25, 0.3) is 5.91 Å². The number of amides is 1. The van der Waals surface area contributed by atoms with Crippen LogP contribution in [0.3, 0.4) is 0 Å². The zero-order chi connectivity index (χ0) is 12.7. The van der Waals surface area contributed by atoms with Crippen LogP contribution in [0.25, 0.3) is 0 Å². The number of hydrogen-bond donors (Lipinski definition) is 0. The second-order valence-electron chi connectivity index (χ2n) is 3.54. The van der Waals surface area contributed by atoms with Crippen molar-refractivity contribution in [2.75, 3.05) is 19.7 Å². The summed E-state index contributed by atoms with van der Waals surface area (Å²) in [5.74, 6) is 0.561. The maximum absolute atomic E-state index is 11.6. The van der Waals surface area contributed by atoms with Crippen LogP contribution in [-0.4, -0.2) is 36.8 Å². The Bertz CT molecular complexity index is 369. The molecule has 0 spiro atoms. The topological polar surface area (TPSA) is 46.6 Å². The zero-order valence-electron chi connectivity index (χ0n) is 10.2. The van der Waals surface area contributed by atoms with Gasteiger partial charge in [0.05, 0.1) is 0 Å². The Morgan fingerprint density at radius 1 is 1.24 bits per heavy atom. The van der Waals surface area contributed by atoms with Crippen LogP contribution in [0.15, 0.2) is 24.3 Å². The summed E-state index contributed by atoms with van der Waals surface area (Å²) in [5.41, 5.74) is 0.590. The summed E-state index contributed by atoms with van der Waals surface area (Å²) in [6.45, 7) is 5.26. The van der Waals surface area contributed by atoms with E-state index in [-0.39, 0.29) is 12.5 Å². The Morgan fingerprint density at radius 3 is 2.29 bits per heavy atom. The number of carbonyl (C=O) groups is 2. The van der Waals surface area contributed by atoms with Crippen LogP contribution in [0.1, 0.15) is 24.2 Å². The predicted molar refractivity (Wildman–Crippen MR) is 65.3 cm³/mol. The van der Waals surface area contributed by atoms with E-state index in [1.807, 2.05) is 13.8 Å². The van der Waals surface area contributed by atoms with E-state index in [1.165, 1.54) is 0 Å². The molecule has 92 valence electrons. The number of benzene rings is 1. The standard InChI is InChI=1S/C13H17NO3/c1-3-14(4-2)13(16)10-17-12-7-5-11(9-15)6-8-12/h5-9H,3-4,10H2,1-2H3. The van der Waals surface area contributed by atoms with Gasteiger partial charge < -0.3 is 9.64 Å². The molecule has 0 heterocycles. The van der Waals surface area contributed by atoms with Crippen molar-refractivity contribution in [2.45, 2.75) is 13.8 Å². The van der Waals surface area contributed by atoms with E-state index in [9.17, 15) is 9.59 Å². The summed E-state index contributed by atoms with van der Waals surface area (Å²) in [4.78, 5) is 23.8. The van der Waals surface area contributed by atoms with Gasteiger partial charge in [0.1, 0.15) is 12.0 Å². The summed E-state index contributed by atoms with van der Waals surface area (Å²) >= 11 is 0. The van der Waals surface area contributed by atoms with E-state index >= 15 is 0 Å². The fourth-order valence-electron chi connectivity index (χ4n) is 1.46. The van der Waals surface area contributed by atoms with E-state index in [0.29, 0.717) is 24.4 Å². The fourth-order valence-corrected chi connectivity index (χ4v) is 1.46. The molecule has 1 amide bonds. The molecule has 0 aromatic heterocycles. The summed E-state index contributed by atoms with van der Waals surface area (Å²) < 4.78 is 5.34. The van der Waals surface area contributed by atoms with Crippen LogP contribution >= 0.6 is 0 Å². The fraction of sp³-hybridized carbons (Fsp3) is 0.385. The van der Waals surface area contributed by atoms with Gasteiger partial charge >= 0.3 is 0 Å². The highest BCUT2D eigenvalue weighted by atomic mass is 16.5. The first-order valence-electron chi connectivity index (χ1n) is 5.67. The maximum atomic E-state index is 11.6. The number of nitrogens with zero attached hydrogens (tertiary/aromatic N) is 1. The van der Waals surface area contributed by atoms with Crippen molar-refractivity contribution in [3.63, 3.8) is 0 Å². The zero-order valence-corrected chi connectivity index (χ0v) is 10.2. The SMILES string of the molecule is CCN(CC)C(=O)COc1ccc(C=O)cc1. The molecule has 0 radical (unpaired) electrons. The molecular formula is C13H17NO3. The average Bonchev–Trinajstić information content (AvgIpc) is 2.38. The van der Waals surface area contributed by atoms with Gasteiger partial charge in [-0.2, -0.15) is 0 Å². The van der Waals surface area contributed by atoms with Gasteiger partial charge in [0.2, 0.25) is 0 Å². The van der Waals surface area contributed by atoms with Crippen LogP contribution in [0, 0.1) is 0 Å². The molecule has 4 nitrogen and oxygen atoms in total. The molecule has 17 heavy (non-hydrogen) atoms. The Labute approximate surface area is 101 Å². The van der Waals surface area contributed by atoms with Crippen molar-refractivity contribution in [1.29, 1.82) is 0 Å². The van der Waals surface area contributed by atoms with Gasteiger partial charge in [-0.05, 0) is 38.1 Å². The van der Waals surface area contributed by atoms with E-state index in [4.69, 9.17) is 4.74 Å². The normalized spacial score (nSPS) is 9.76. The Balaban J connectivity index is 2.49. The first-order chi connectivity index (χ1) is 8.21. The van der Waals surface area contributed by atoms with Crippen molar-refractivity contribution in [1.82, 2.24) is 4.90 Å². The van der Waals surface area contributed by atoms with Gasteiger partial charge in [-0.1, -0.05) is 0 Å². The first kappa shape index (κ1) is 13.2. The Hall–Kier alpha value is -1.84. The largest absolute Gasteiger partial charge is 0.484 e. The average molecular weight is 235 g/mol. The molecule has 0 aliphatic carbocycles. The second-order valence-corrected chi connectivity index (χ2v) is 3.54. The molecule has 1 aromatic rings. The molecule has 0 aliphatic heterocycles. The lowest BCUT2D eigenvalue weighted by atomic mass is 10.2. The molecule has 1 rings (SSSR count). The number of likely N-dealkylation sites (N-methyl/N-ethyl adjacent to an activating group) is 1. The summed E-state index contributed by atoms with van der Waals surface area (Å²) in [6, 6.07) is 6.67. The van der Waals surface area contributed by atoms with Crippen LogP contribution in [0.2, 0.25) is 0 Å². The third kappa shape index (κ3) is 3.90. The smallest absolute Gasteiger partial charge is 0.260 e. The summed E-state index contributed by atoms with van der Waals surface area (Å²) in [7, 11) is 0. The van der Waals surface area contributed by atoms with E-state index in [1.54, 1.807) is 29.2 Å². The van der Waals surface area contributed by atoms with Crippen molar-refractivity contribution in [2.24, 2.45) is 0 Å². The molecule has 0 aliphatic rings. The lowest BCUT2D eigenvalue weighted by Crippen LogP contribution is -2.34. The van der Waals surface area contributed by atoms with E-state index in [0.717, 1.165) is 6.29 Å². The van der Waals surface area contributed by atoms with Gasteiger partial charge in [-0.25, -0.2) is 0 Å². The molecule has 0 atom stereocenters. The highest BCUT2D eigenvalue weighted by Gasteiger charge is 2.09. The molecule has 0 saturated heterocycles. The van der Waals surface area contributed by atoms with Crippen molar-refractivity contribution in [3.05, 3.63) is 29.8 Å². The van der Waals surface area contributed by atoms with Gasteiger partial charge in [0, 0.05) is 18.7 Å². The minimum absolute atomic E-state index is 0.0299. The van der Waals surface area contributed by atoms with Crippen LogP contribution < -0.4 is 4.74 Å². The third-order valence-electron chi connectivity index (χ3n) is 2.49. The van der Waals surface area contributed by atoms with Crippen LogP contribution in [-0.2, 0) is 4.79 Å². The summed E-state index contributed by atoms with van der Waals surface area (Å²) in [5, 5.41) is 0. The minimum Gasteiger partial charge on any atom is -0.484 e. The van der Waals surface area contributed by atoms with E-state index in [2.05, 4.69) is 0 Å². The van der Waals surface area contributed by atoms with Crippen molar-refractivity contribution < 1.29 is 14.3 Å². The maximum Gasteiger partial charge on any atom is 0.260 e. The summed E-state index contributed by atoms with van der Waals surface area (Å²) in [6.07, 6.45) is 0.769. The molecule has 0 bridgehead atoms. The lowest BCUT2D eigenvalue weighted by Gasteiger charge is -2.18. The predicted octanol–water partition coefficient (Wildman–Crippen LogP) is 1.75. The molecule has 4 heteroatoms. The molecule has 0 N–H and O–H groups in total. The molecule has 0 unspecified atom stereocenters. The van der Waals surface area contributed by atoms with Gasteiger partial charge in [-0.3, -0.25) is 9.59 Å². The lowest BCUT2D eigenvalue weighted by molar-refractivity contribution is -0.132. The highest BCUT2D eigenvalue weighted by molar-refractivity contribution is 5.78. The van der Waals surface area contributed by atoms with E-state index < -0.39 is 0 Å². The monoisotopic (exact) mass is 235 g/mol. The first-order valence-corrected chi connectivity index (χ1v) is 5.67.